The fourth-order valence-electron chi connectivity index (χ4n) is 3.72. The summed E-state index contributed by atoms with van der Waals surface area (Å²) in [6.07, 6.45) is 2.61. The molecule has 0 radical (unpaired) electrons. The predicted octanol–water partition coefficient (Wildman–Crippen LogP) is 3.20. The second-order valence-electron chi connectivity index (χ2n) is 7.70. The summed E-state index contributed by atoms with van der Waals surface area (Å²) in [5.41, 5.74) is 1.15. The van der Waals surface area contributed by atoms with Crippen molar-refractivity contribution >= 4 is 35.6 Å². The number of hydrogen-bond acceptors (Lipinski definition) is 4. The van der Waals surface area contributed by atoms with Gasteiger partial charge in [-0.25, -0.2) is 0 Å². The largest absolute Gasteiger partial charge is 0.380 e. The lowest BCUT2D eigenvalue weighted by Crippen LogP contribution is -2.54. The van der Waals surface area contributed by atoms with E-state index < -0.39 is 0 Å². The standard InChI is InChI=1S/C21H34N4O2.HI/c1-16(2)18(24-17-8-5-4-6-9-17)14-23-21(22-3)25-11-13-27-20(15-25)19-10-7-12-26-19;/h4-6,8-9,16,18-20,24H,7,10-15H2,1-3H3,(H,22,23);1H. The number of nitrogens with one attached hydrogen (secondary N) is 2. The molecule has 2 aliphatic rings. The van der Waals surface area contributed by atoms with Gasteiger partial charge in [0.15, 0.2) is 5.96 Å². The van der Waals surface area contributed by atoms with Crippen LogP contribution in [0.4, 0.5) is 5.69 Å². The molecule has 1 aromatic carbocycles. The molecule has 158 valence electrons. The van der Waals surface area contributed by atoms with Crippen LogP contribution in [-0.4, -0.2) is 69.0 Å². The Morgan fingerprint density at radius 1 is 1.18 bits per heavy atom. The highest BCUT2D eigenvalue weighted by Crippen LogP contribution is 2.21. The monoisotopic (exact) mass is 502 g/mol. The van der Waals surface area contributed by atoms with Gasteiger partial charge in [0.1, 0.15) is 6.10 Å². The van der Waals surface area contributed by atoms with Gasteiger partial charge in [0.2, 0.25) is 0 Å². The Hall–Kier alpha value is -1.06. The van der Waals surface area contributed by atoms with Crippen molar-refractivity contribution in [3.8, 4) is 0 Å². The molecule has 2 heterocycles. The molecule has 0 aliphatic carbocycles. The van der Waals surface area contributed by atoms with E-state index in [1.807, 2.05) is 13.1 Å². The SMILES string of the molecule is CN=C(NCC(Nc1ccccc1)C(C)C)N1CCOC(C2CCCO2)C1.I. The second kappa shape index (κ2) is 11.8. The molecule has 6 nitrogen and oxygen atoms in total. The second-order valence-corrected chi connectivity index (χ2v) is 7.70. The van der Waals surface area contributed by atoms with Crippen LogP contribution in [0.25, 0.3) is 0 Å². The van der Waals surface area contributed by atoms with Crippen molar-refractivity contribution in [3.63, 3.8) is 0 Å². The fraction of sp³-hybridized carbons (Fsp3) is 0.667. The molecule has 3 atom stereocenters. The number of para-hydroxylation sites is 1. The molecule has 0 saturated carbocycles. The van der Waals surface area contributed by atoms with Gasteiger partial charge in [-0.15, -0.1) is 24.0 Å². The van der Waals surface area contributed by atoms with Gasteiger partial charge in [-0.05, 0) is 30.9 Å². The normalized spacial score (nSPS) is 24.0. The molecular formula is C21H35IN4O2. The van der Waals surface area contributed by atoms with Gasteiger partial charge in [-0.3, -0.25) is 4.99 Å². The predicted molar refractivity (Wildman–Crippen MR) is 126 cm³/mol. The van der Waals surface area contributed by atoms with Gasteiger partial charge in [0.25, 0.3) is 0 Å². The molecule has 2 aliphatic heterocycles. The number of guanidine groups is 1. The van der Waals surface area contributed by atoms with Crippen molar-refractivity contribution in [3.05, 3.63) is 30.3 Å². The first-order valence-electron chi connectivity index (χ1n) is 10.2. The molecular weight excluding hydrogens is 467 g/mol. The van der Waals surface area contributed by atoms with E-state index in [0.717, 1.165) is 57.3 Å². The molecule has 2 saturated heterocycles. The van der Waals surface area contributed by atoms with E-state index in [1.54, 1.807) is 0 Å². The lowest BCUT2D eigenvalue weighted by atomic mass is 10.0. The van der Waals surface area contributed by atoms with E-state index in [2.05, 4.69) is 58.6 Å². The van der Waals surface area contributed by atoms with Crippen molar-refractivity contribution < 1.29 is 9.47 Å². The highest BCUT2D eigenvalue weighted by Gasteiger charge is 2.32. The highest BCUT2D eigenvalue weighted by atomic mass is 127. The number of rotatable bonds is 6. The Morgan fingerprint density at radius 2 is 1.93 bits per heavy atom. The minimum absolute atomic E-state index is 0. The Morgan fingerprint density at radius 3 is 2.57 bits per heavy atom. The van der Waals surface area contributed by atoms with E-state index in [4.69, 9.17) is 9.47 Å². The van der Waals surface area contributed by atoms with Crippen molar-refractivity contribution in [1.82, 2.24) is 10.2 Å². The van der Waals surface area contributed by atoms with Crippen LogP contribution in [0.5, 0.6) is 0 Å². The van der Waals surface area contributed by atoms with Gasteiger partial charge in [0, 0.05) is 45.0 Å². The molecule has 7 heteroatoms. The van der Waals surface area contributed by atoms with Gasteiger partial charge in [0.05, 0.1) is 12.7 Å². The third-order valence-electron chi connectivity index (χ3n) is 5.40. The zero-order valence-corrected chi connectivity index (χ0v) is 19.6. The third-order valence-corrected chi connectivity index (χ3v) is 5.40. The minimum atomic E-state index is 0. The smallest absolute Gasteiger partial charge is 0.193 e. The number of ether oxygens (including phenoxy) is 2. The molecule has 1 aromatic rings. The van der Waals surface area contributed by atoms with Crippen molar-refractivity contribution in [2.75, 3.05) is 45.2 Å². The first kappa shape index (κ1) is 23.2. The molecule has 28 heavy (non-hydrogen) atoms. The molecule has 0 aromatic heterocycles. The van der Waals surface area contributed by atoms with Gasteiger partial charge in [-0.1, -0.05) is 32.0 Å². The number of halogens is 1. The Labute approximate surface area is 186 Å². The summed E-state index contributed by atoms with van der Waals surface area (Å²) < 4.78 is 11.8. The number of benzene rings is 1. The van der Waals surface area contributed by atoms with Crippen LogP contribution >= 0.6 is 24.0 Å². The average Bonchev–Trinajstić information content (AvgIpc) is 3.23. The molecule has 0 amide bonds. The lowest BCUT2D eigenvalue weighted by molar-refractivity contribution is -0.0817. The Bertz CT molecular complexity index is 593. The summed E-state index contributed by atoms with van der Waals surface area (Å²) >= 11 is 0. The zero-order valence-electron chi connectivity index (χ0n) is 17.3. The van der Waals surface area contributed by atoms with Crippen LogP contribution in [0.3, 0.4) is 0 Å². The topological polar surface area (TPSA) is 58.1 Å². The Balaban J connectivity index is 0.00000280. The highest BCUT2D eigenvalue weighted by molar-refractivity contribution is 14.0. The molecule has 0 spiro atoms. The lowest BCUT2D eigenvalue weighted by Gasteiger charge is -2.37. The fourth-order valence-corrected chi connectivity index (χ4v) is 3.72. The number of hydrogen-bond donors (Lipinski definition) is 2. The zero-order chi connectivity index (χ0) is 19.1. The van der Waals surface area contributed by atoms with E-state index in [1.165, 1.54) is 0 Å². The van der Waals surface area contributed by atoms with Crippen LogP contribution in [-0.2, 0) is 9.47 Å². The number of nitrogens with zero attached hydrogens (tertiary/aromatic N) is 2. The number of aliphatic imine (C=N–C) groups is 1. The summed E-state index contributed by atoms with van der Waals surface area (Å²) in [7, 11) is 1.86. The maximum absolute atomic E-state index is 5.97. The first-order valence-corrected chi connectivity index (χ1v) is 10.2. The Kier molecular flexibility index (Phi) is 9.81. The van der Waals surface area contributed by atoms with Crippen molar-refractivity contribution in [2.45, 2.75) is 44.9 Å². The van der Waals surface area contributed by atoms with Crippen LogP contribution in [0.1, 0.15) is 26.7 Å². The summed E-state index contributed by atoms with van der Waals surface area (Å²) in [6.45, 7) is 8.59. The number of anilines is 1. The van der Waals surface area contributed by atoms with Crippen LogP contribution < -0.4 is 10.6 Å². The van der Waals surface area contributed by atoms with E-state index in [9.17, 15) is 0 Å². The first-order chi connectivity index (χ1) is 13.2. The molecule has 3 rings (SSSR count). The summed E-state index contributed by atoms with van der Waals surface area (Å²) in [5, 5.41) is 7.20. The third kappa shape index (κ3) is 6.49. The van der Waals surface area contributed by atoms with Gasteiger partial charge >= 0.3 is 0 Å². The maximum Gasteiger partial charge on any atom is 0.193 e. The molecule has 0 bridgehead atoms. The van der Waals surface area contributed by atoms with E-state index >= 15 is 0 Å². The molecule has 2 N–H and O–H groups in total. The van der Waals surface area contributed by atoms with E-state index in [-0.39, 0.29) is 36.2 Å². The quantitative estimate of drug-likeness (QED) is 0.356. The number of morpholine rings is 1. The van der Waals surface area contributed by atoms with Crippen molar-refractivity contribution in [2.24, 2.45) is 10.9 Å². The summed E-state index contributed by atoms with van der Waals surface area (Å²) in [5.74, 6) is 1.45. The summed E-state index contributed by atoms with van der Waals surface area (Å²) in [4.78, 5) is 6.82. The van der Waals surface area contributed by atoms with Crippen LogP contribution in [0.15, 0.2) is 35.3 Å². The average molecular weight is 502 g/mol. The van der Waals surface area contributed by atoms with Crippen LogP contribution in [0, 0.1) is 5.92 Å². The maximum atomic E-state index is 5.97. The van der Waals surface area contributed by atoms with Gasteiger partial charge < -0.3 is 25.0 Å². The summed E-state index contributed by atoms with van der Waals surface area (Å²) in [6, 6.07) is 10.7. The molecule has 2 fully saturated rings. The van der Waals surface area contributed by atoms with Gasteiger partial charge in [-0.2, -0.15) is 0 Å². The minimum Gasteiger partial charge on any atom is -0.380 e. The van der Waals surface area contributed by atoms with E-state index in [0.29, 0.717) is 12.0 Å². The van der Waals surface area contributed by atoms with Crippen LogP contribution in [0.2, 0.25) is 0 Å². The van der Waals surface area contributed by atoms with Crippen molar-refractivity contribution in [1.29, 1.82) is 0 Å². The molecule has 3 unspecified atom stereocenters.